The highest BCUT2D eigenvalue weighted by Crippen LogP contribution is 2.24. The number of piperidine rings is 1. The minimum Gasteiger partial charge on any atom is -0.618 e. The zero-order valence-electron chi connectivity index (χ0n) is 15.1. The van der Waals surface area contributed by atoms with Crippen LogP contribution in [-0.4, -0.2) is 38.4 Å². The van der Waals surface area contributed by atoms with Crippen LogP contribution in [0.1, 0.15) is 18.5 Å². The summed E-state index contributed by atoms with van der Waals surface area (Å²) in [6.07, 6.45) is 3.51. The van der Waals surface area contributed by atoms with Gasteiger partial charge in [-0.15, -0.1) is 0 Å². The molecule has 0 bridgehead atoms. The second-order valence-electron chi connectivity index (χ2n) is 6.96. The van der Waals surface area contributed by atoms with Crippen LogP contribution in [0.2, 0.25) is 11.8 Å². The van der Waals surface area contributed by atoms with Gasteiger partial charge in [-0.1, -0.05) is 17.7 Å². The molecule has 0 atom stereocenters. The van der Waals surface area contributed by atoms with Crippen LogP contribution in [0.3, 0.4) is 0 Å². The van der Waals surface area contributed by atoms with Gasteiger partial charge in [0.2, 0.25) is 9.84 Å². The van der Waals surface area contributed by atoms with Crippen molar-refractivity contribution in [1.29, 1.82) is 0 Å². The van der Waals surface area contributed by atoms with Crippen LogP contribution >= 0.6 is 11.6 Å². The Morgan fingerprint density at radius 2 is 1.96 bits per heavy atom. The third-order valence-corrected chi connectivity index (χ3v) is 7.03. The van der Waals surface area contributed by atoms with E-state index in [9.17, 15) is 18.6 Å². The summed E-state index contributed by atoms with van der Waals surface area (Å²) in [6, 6.07) is 9.06. The predicted octanol–water partition coefficient (Wildman–Crippen LogP) is 2.17. The lowest BCUT2D eigenvalue weighted by Gasteiger charge is -2.32. The molecule has 0 spiro atoms. The molecule has 1 aliphatic heterocycles. The minimum absolute atomic E-state index is 0.0487. The Balaban J connectivity index is 1.74. The Morgan fingerprint density at radius 1 is 1.26 bits per heavy atom. The van der Waals surface area contributed by atoms with Crippen LogP contribution in [0.5, 0.6) is 0 Å². The molecule has 0 aliphatic carbocycles. The molecule has 0 unspecified atom stereocenters. The van der Waals surface area contributed by atoms with E-state index < -0.39 is 16.9 Å². The van der Waals surface area contributed by atoms with Crippen molar-refractivity contribution < 1.29 is 18.2 Å². The third kappa shape index (κ3) is 4.63. The topological polar surface area (TPSA) is 84.5 Å². The highest BCUT2D eigenvalue weighted by Gasteiger charge is 2.27. The Labute approximate surface area is 165 Å². The van der Waals surface area contributed by atoms with Crippen molar-refractivity contribution in [2.24, 2.45) is 5.92 Å². The SMILES string of the molecule is CB(O)N1CCC(Cc2ccc(S(=O)(=O)c3cccc(Cl)c3)c[n+]2[O-])CC1. The molecule has 27 heavy (non-hydrogen) atoms. The van der Waals surface area contributed by atoms with E-state index in [1.165, 1.54) is 18.2 Å². The van der Waals surface area contributed by atoms with E-state index in [2.05, 4.69) is 0 Å². The second kappa shape index (κ2) is 8.18. The molecular weight excluding hydrogens is 387 g/mol. The minimum atomic E-state index is -3.79. The molecule has 1 fully saturated rings. The lowest BCUT2D eigenvalue weighted by molar-refractivity contribution is -0.616. The molecule has 1 N–H and O–H groups in total. The molecule has 3 rings (SSSR count). The predicted molar refractivity (Wildman–Crippen MR) is 104 cm³/mol. The summed E-state index contributed by atoms with van der Waals surface area (Å²) in [5.41, 5.74) is 0.551. The number of rotatable bonds is 5. The fraction of sp³-hybridized carbons (Fsp3) is 0.389. The van der Waals surface area contributed by atoms with Crippen molar-refractivity contribution >= 4 is 28.5 Å². The Hall–Kier alpha value is -1.61. The van der Waals surface area contributed by atoms with E-state index in [0.717, 1.165) is 32.1 Å². The molecule has 1 aromatic heterocycles. The van der Waals surface area contributed by atoms with Gasteiger partial charge in [-0.05, 0) is 62.9 Å². The average Bonchev–Trinajstić information content (AvgIpc) is 2.63. The van der Waals surface area contributed by atoms with Crippen LogP contribution in [0.4, 0.5) is 0 Å². The average molecular weight is 409 g/mol. The molecule has 2 heterocycles. The van der Waals surface area contributed by atoms with E-state index >= 15 is 0 Å². The van der Waals surface area contributed by atoms with E-state index in [1.807, 2.05) is 4.81 Å². The van der Waals surface area contributed by atoms with E-state index in [1.54, 1.807) is 25.0 Å². The Kier molecular flexibility index (Phi) is 6.10. The number of benzene rings is 1. The summed E-state index contributed by atoms with van der Waals surface area (Å²) in [6.45, 7) is 3.34. The van der Waals surface area contributed by atoms with Crippen LogP contribution < -0.4 is 4.73 Å². The first-order valence-electron chi connectivity index (χ1n) is 8.92. The van der Waals surface area contributed by atoms with Gasteiger partial charge in [-0.2, -0.15) is 4.73 Å². The highest BCUT2D eigenvalue weighted by atomic mass is 35.5. The van der Waals surface area contributed by atoms with E-state index in [0.29, 0.717) is 27.8 Å². The lowest BCUT2D eigenvalue weighted by atomic mass is 9.80. The van der Waals surface area contributed by atoms with Crippen molar-refractivity contribution in [3.8, 4) is 0 Å². The number of hydrogen-bond acceptors (Lipinski definition) is 5. The highest BCUT2D eigenvalue weighted by molar-refractivity contribution is 7.91. The van der Waals surface area contributed by atoms with E-state index in [4.69, 9.17) is 11.6 Å². The van der Waals surface area contributed by atoms with Crippen molar-refractivity contribution in [2.45, 2.75) is 35.9 Å². The summed E-state index contributed by atoms with van der Waals surface area (Å²) in [7, 11) is -4.24. The van der Waals surface area contributed by atoms with Gasteiger partial charge < -0.3 is 15.0 Å². The van der Waals surface area contributed by atoms with Gasteiger partial charge in [0.15, 0.2) is 11.9 Å². The maximum absolute atomic E-state index is 12.7. The fourth-order valence-electron chi connectivity index (χ4n) is 3.41. The number of aromatic nitrogens is 1. The summed E-state index contributed by atoms with van der Waals surface area (Å²) in [4.78, 5) is 2.02. The molecule has 9 heteroatoms. The van der Waals surface area contributed by atoms with Crippen molar-refractivity contribution in [1.82, 2.24) is 4.81 Å². The van der Waals surface area contributed by atoms with Crippen LogP contribution in [-0.2, 0) is 16.3 Å². The normalized spacial score (nSPS) is 16.4. The first kappa shape index (κ1) is 20.1. The fourth-order valence-corrected chi connectivity index (χ4v) is 4.96. The van der Waals surface area contributed by atoms with Crippen LogP contribution in [0, 0.1) is 11.1 Å². The zero-order valence-corrected chi connectivity index (χ0v) is 16.7. The molecule has 6 nitrogen and oxygen atoms in total. The third-order valence-electron chi connectivity index (χ3n) is 5.06. The number of sulfone groups is 1. The van der Waals surface area contributed by atoms with Gasteiger partial charge in [0.25, 0.3) is 0 Å². The molecule has 144 valence electrons. The summed E-state index contributed by atoms with van der Waals surface area (Å²) >= 11 is 5.88. The van der Waals surface area contributed by atoms with Crippen molar-refractivity contribution in [2.75, 3.05) is 13.1 Å². The van der Waals surface area contributed by atoms with Gasteiger partial charge in [-0.25, -0.2) is 8.42 Å². The quantitative estimate of drug-likeness (QED) is 0.465. The maximum atomic E-state index is 12.7. The first-order valence-corrected chi connectivity index (χ1v) is 10.8. The summed E-state index contributed by atoms with van der Waals surface area (Å²) in [5, 5.41) is 22.4. The van der Waals surface area contributed by atoms with Crippen molar-refractivity contribution in [3.63, 3.8) is 0 Å². The molecule has 0 amide bonds. The molecule has 1 aromatic carbocycles. The second-order valence-corrected chi connectivity index (χ2v) is 9.34. The van der Waals surface area contributed by atoms with Gasteiger partial charge in [0, 0.05) is 17.5 Å². The number of halogens is 1. The Bertz CT molecular complexity index is 915. The number of pyridine rings is 1. The lowest BCUT2D eigenvalue weighted by Crippen LogP contribution is -2.44. The molecule has 0 radical (unpaired) electrons. The van der Waals surface area contributed by atoms with Gasteiger partial charge in [0.05, 0.1) is 4.90 Å². The van der Waals surface area contributed by atoms with Gasteiger partial charge in [0.1, 0.15) is 4.90 Å². The molecule has 1 aliphatic rings. The van der Waals surface area contributed by atoms with Gasteiger partial charge in [-0.3, -0.25) is 0 Å². The van der Waals surface area contributed by atoms with Crippen molar-refractivity contribution in [3.05, 3.63) is 58.5 Å². The molecule has 1 saturated heterocycles. The summed E-state index contributed by atoms with van der Waals surface area (Å²) < 4.78 is 26.1. The Morgan fingerprint density at radius 3 is 2.56 bits per heavy atom. The zero-order chi connectivity index (χ0) is 19.6. The van der Waals surface area contributed by atoms with Crippen LogP contribution in [0.25, 0.3) is 0 Å². The largest absolute Gasteiger partial charge is 0.618 e. The molecule has 2 aromatic rings. The summed E-state index contributed by atoms with van der Waals surface area (Å²) in [5.74, 6) is 0.343. The number of nitrogens with zero attached hydrogens (tertiary/aromatic N) is 2. The molecule has 0 saturated carbocycles. The smallest absolute Gasteiger partial charge is 0.376 e. The first-order chi connectivity index (χ1) is 12.8. The molecular formula is C18H22BClN2O4S. The number of hydrogen-bond donors (Lipinski definition) is 1. The monoisotopic (exact) mass is 408 g/mol. The van der Waals surface area contributed by atoms with E-state index in [-0.39, 0.29) is 9.79 Å². The van der Waals surface area contributed by atoms with Crippen LogP contribution in [0.15, 0.2) is 52.4 Å². The maximum Gasteiger partial charge on any atom is 0.376 e. The van der Waals surface area contributed by atoms with Gasteiger partial charge >= 0.3 is 7.05 Å². The standard InChI is InChI=1S/C18H22BClN2O4S/c1-19(23)21-9-7-14(8-10-21)11-16-5-6-18(13-22(16)24)27(25,26)17-4-2-3-15(20)12-17/h2-6,12-14,23H,7-11H2,1H3.